The molecule has 0 heterocycles. The minimum absolute atomic E-state index is 0.960. The largest absolute Gasteiger partial charge is 0.255 e. The number of unbranched alkanes of at least 4 members (excludes halogenated alkanes) is 23. The van der Waals surface area contributed by atoms with E-state index in [1.165, 1.54) is 165 Å². The van der Waals surface area contributed by atoms with E-state index >= 15 is 0 Å². The van der Waals surface area contributed by atoms with Crippen LogP contribution < -0.4 is 0 Å². The summed E-state index contributed by atoms with van der Waals surface area (Å²) in [7, 11) is 0. The second-order valence-corrected chi connectivity index (χ2v) is 15.9. The van der Waals surface area contributed by atoms with E-state index in [2.05, 4.69) is 93.6 Å². The third-order valence-electron chi connectivity index (χ3n) is 10.8. The number of aliphatic imine (C=N–C) groups is 2. The number of para-hydroxylation sites is 2. The van der Waals surface area contributed by atoms with Crippen molar-refractivity contribution in [2.75, 3.05) is 0 Å². The lowest BCUT2D eigenvalue weighted by atomic mass is 10.0. The van der Waals surface area contributed by atoms with Gasteiger partial charge in [0.25, 0.3) is 0 Å². The Morgan fingerprint density at radius 3 is 1.24 bits per heavy atom. The molecule has 0 unspecified atom stereocenters. The van der Waals surface area contributed by atoms with E-state index in [9.17, 15) is 0 Å². The molecule has 0 fully saturated rings. The zero-order chi connectivity index (χ0) is 38.4. The highest BCUT2D eigenvalue weighted by molar-refractivity contribution is 6.31. The van der Waals surface area contributed by atoms with Crippen LogP contribution in [0.15, 0.2) is 82.8 Å². The Balaban J connectivity index is 1.75. The summed E-state index contributed by atoms with van der Waals surface area (Å²) in [6.07, 6.45) is 52.3. The molecular weight excluding hydrogens is 653 g/mol. The molecule has 0 aromatic heterocycles. The number of allylic oxidation sites excluding steroid dienone is 4. The van der Waals surface area contributed by atoms with Gasteiger partial charge in [-0.15, -0.1) is 0 Å². The Bertz CT molecular complexity index is 1250. The van der Waals surface area contributed by atoms with E-state index in [0.29, 0.717) is 0 Å². The summed E-state index contributed by atoms with van der Waals surface area (Å²) in [5.41, 5.74) is 5.99. The molecule has 0 spiro atoms. The van der Waals surface area contributed by atoms with E-state index in [4.69, 9.17) is 9.98 Å². The van der Waals surface area contributed by atoms with Crippen molar-refractivity contribution in [1.29, 1.82) is 0 Å². The summed E-state index contributed by atoms with van der Waals surface area (Å²) < 4.78 is 0. The van der Waals surface area contributed by atoms with E-state index in [0.717, 1.165) is 62.0 Å². The number of rotatable bonds is 36. The van der Waals surface area contributed by atoms with Gasteiger partial charge < -0.3 is 0 Å². The molecule has 2 aromatic rings. The highest BCUT2D eigenvalue weighted by Gasteiger charge is 2.05. The minimum atomic E-state index is 0.960. The number of hydrogen-bond acceptors (Lipinski definition) is 2. The van der Waals surface area contributed by atoms with Crippen LogP contribution in [0.2, 0.25) is 0 Å². The molecule has 0 radical (unpaired) electrons. The fourth-order valence-corrected chi connectivity index (χ4v) is 7.28. The lowest BCUT2D eigenvalue weighted by molar-refractivity contribution is 0.557. The van der Waals surface area contributed by atoms with Gasteiger partial charge in [-0.05, 0) is 100 Å². The molecule has 0 N–H and O–H groups in total. The standard InChI is InChI=1S/C52H84N2/c1-4-7-10-12-14-16-18-20-22-24-26-28-30-32-34-40-48-42-36-38-45-51(48)53-47-50(44-9-6-3)54-52-46-39-37-43-49(52)41-35-33-31-29-27-25-23-21-19-17-15-13-11-8-5-2/h28-31,36-39,42-43,45-47H,4-27,32-35,40-41,44H2,1-3H3/b30-28+,31-29+,53-47?,54-50?. The van der Waals surface area contributed by atoms with Crippen molar-refractivity contribution in [3.8, 4) is 0 Å². The number of aryl methyl sites for hydroxylation is 2. The SMILES string of the molecule is CCCCCCCCCCCC/C=C/CCCc1ccccc1N=CC(CCCC)=Nc1ccccc1CCC/C=C/CCCCCCCCCCCC. The molecule has 0 bridgehead atoms. The van der Waals surface area contributed by atoms with Crippen LogP contribution in [0.3, 0.4) is 0 Å². The van der Waals surface area contributed by atoms with Crippen molar-refractivity contribution >= 4 is 23.3 Å². The Kier molecular flexibility index (Phi) is 31.5. The Labute approximate surface area is 335 Å². The summed E-state index contributed by atoms with van der Waals surface area (Å²) >= 11 is 0. The van der Waals surface area contributed by atoms with Crippen molar-refractivity contribution in [2.45, 2.75) is 220 Å². The molecule has 2 nitrogen and oxygen atoms in total. The maximum Gasteiger partial charge on any atom is 0.0665 e. The molecule has 2 rings (SSSR count). The first-order valence-corrected chi connectivity index (χ1v) is 23.4. The molecule has 0 aliphatic heterocycles. The molecule has 302 valence electrons. The van der Waals surface area contributed by atoms with Gasteiger partial charge in [0, 0.05) is 6.21 Å². The lowest BCUT2D eigenvalue weighted by Crippen LogP contribution is -2.00. The Hall–Kier alpha value is -2.74. The van der Waals surface area contributed by atoms with Crippen LogP contribution in [0.25, 0.3) is 0 Å². The molecule has 2 heteroatoms. The van der Waals surface area contributed by atoms with Crippen LogP contribution in [-0.4, -0.2) is 11.9 Å². The first-order chi connectivity index (χ1) is 26.8. The second kappa shape index (κ2) is 35.9. The van der Waals surface area contributed by atoms with Gasteiger partial charge in [0.05, 0.1) is 17.1 Å². The normalized spacial score (nSPS) is 12.3. The molecule has 54 heavy (non-hydrogen) atoms. The van der Waals surface area contributed by atoms with Gasteiger partial charge in [-0.1, -0.05) is 203 Å². The number of nitrogens with zero attached hydrogens (tertiary/aromatic N) is 2. The number of benzene rings is 2. The summed E-state index contributed by atoms with van der Waals surface area (Å²) in [4.78, 5) is 10.3. The minimum Gasteiger partial charge on any atom is -0.255 e. The van der Waals surface area contributed by atoms with Crippen molar-refractivity contribution in [1.82, 2.24) is 0 Å². The van der Waals surface area contributed by atoms with Crippen LogP contribution in [0.5, 0.6) is 0 Å². The molecule has 0 atom stereocenters. The zero-order valence-electron chi connectivity index (χ0n) is 35.8. The van der Waals surface area contributed by atoms with Gasteiger partial charge in [-0.25, -0.2) is 0 Å². The van der Waals surface area contributed by atoms with Gasteiger partial charge in [0.1, 0.15) is 0 Å². The molecular formula is C52H84N2. The highest BCUT2D eigenvalue weighted by atomic mass is 14.8. The molecule has 0 aliphatic carbocycles. The van der Waals surface area contributed by atoms with E-state index < -0.39 is 0 Å². The topological polar surface area (TPSA) is 24.7 Å². The smallest absolute Gasteiger partial charge is 0.0665 e. The lowest BCUT2D eigenvalue weighted by Gasteiger charge is -2.08. The average Bonchev–Trinajstić information content (AvgIpc) is 3.19. The van der Waals surface area contributed by atoms with Gasteiger partial charge in [-0.2, -0.15) is 0 Å². The highest BCUT2D eigenvalue weighted by Crippen LogP contribution is 2.24. The van der Waals surface area contributed by atoms with Gasteiger partial charge in [0.2, 0.25) is 0 Å². The predicted octanol–water partition coefficient (Wildman–Crippen LogP) is 17.7. The second-order valence-electron chi connectivity index (χ2n) is 15.9. The van der Waals surface area contributed by atoms with Gasteiger partial charge in [-0.3, -0.25) is 9.98 Å². The average molecular weight is 737 g/mol. The molecule has 0 saturated carbocycles. The van der Waals surface area contributed by atoms with Gasteiger partial charge >= 0.3 is 0 Å². The summed E-state index contributed by atoms with van der Waals surface area (Å²) in [5, 5.41) is 0. The van der Waals surface area contributed by atoms with Gasteiger partial charge in [0.15, 0.2) is 0 Å². The maximum absolute atomic E-state index is 5.21. The predicted molar refractivity (Wildman–Crippen MR) is 245 cm³/mol. The summed E-state index contributed by atoms with van der Waals surface area (Å²) in [6.45, 7) is 6.85. The van der Waals surface area contributed by atoms with Crippen LogP contribution in [0.4, 0.5) is 11.4 Å². The van der Waals surface area contributed by atoms with E-state index in [-0.39, 0.29) is 0 Å². The molecule has 2 aromatic carbocycles. The first kappa shape index (κ1) is 47.4. The fourth-order valence-electron chi connectivity index (χ4n) is 7.28. The number of hydrogen-bond donors (Lipinski definition) is 0. The van der Waals surface area contributed by atoms with Crippen LogP contribution >= 0.6 is 0 Å². The van der Waals surface area contributed by atoms with E-state index in [1.54, 1.807) is 0 Å². The van der Waals surface area contributed by atoms with Crippen molar-refractivity contribution in [3.63, 3.8) is 0 Å². The third-order valence-corrected chi connectivity index (χ3v) is 10.8. The van der Waals surface area contributed by atoms with Crippen LogP contribution in [0.1, 0.15) is 218 Å². The quantitative estimate of drug-likeness (QED) is 0.0378. The maximum atomic E-state index is 5.21. The fraction of sp³-hybridized carbons (Fsp3) is 0.654. The van der Waals surface area contributed by atoms with Crippen molar-refractivity contribution in [3.05, 3.63) is 84.0 Å². The molecule has 0 amide bonds. The van der Waals surface area contributed by atoms with Crippen molar-refractivity contribution < 1.29 is 0 Å². The zero-order valence-corrected chi connectivity index (χ0v) is 35.8. The van der Waals surface area contributed by atoms with E-state index in [1.807, 2.05) is 6.21 Å². The Morgan fingerprint density at radius 2 is 0.778 bits per heavy atom. The van der Waals surface area contributed by atoms with Crippen LogP contribution in [0, 0.1) is 0 Å². The monoisotopic (exact) mass is 737 g/mol. The first-order valence-electron chi connectivity index (χ1n) is 23.4. The Morgan fingerprint density at radius 1 is 0.407 bits per heavy atom. The molecule has 0 saturated heterocycles. The van der Waals surface area contributed by atoms with Crippen molar-refractivity contribution in [2.24, 2.45) is 9.98 Å². The van der Waals surface area contributed by atoms with Crippen LogP contribution in [-0.2, 0) is 12.8 Å². The summed E-state index contributed by atoms with van der Waals surface area (Å²) in [5.74, 6) is 0. The molecule has 0 aliphatic rings. The summed E-state index contributed by atoms with van der Waals surface area (Å²) in [6, 6.07) is 17.4. The third kappa shape index (κ3) is 26.1.